The van der Waals surface area contributed by atoms with Crippen molar-refractivity contribution < 1.29 is 0 Å². The zero-order valence-electron chi connectivity index (χ0n) is 9.83. The van der Waals surface area contributed by atoms with Crippen LogP contribution >= 0.6 is 0 Å². The largest absolute Gasteiger partial charge is 0.0991 e. The fourth-order valence-corrected chi connectivity index (χ4v) is 0.893. The molecule has 0 aliphatic rings. The second-order valence-corrected chi connectivity index (χ2v) is 3.93. The summed E-state index contributed by atoms with van der Waals surface area (Å²) in [6.45, 7) is 12.4. The van der Waals surface area contributed by atoms with Crippen LogP contribution in [0.4, 0.5) is 0 Å². The van der Waals surface area contributed by atoms with E-state index in [0.29, 0.717) is 11.8 Å². The topological polar surface area (TPSA) is 0 Å². The summed E-state index contributed by atoms with van der Waals surface area (Å²) in [6.07, 6.45) is 12.4. The molecule has 0 rings (SSSR count). The van der Waals surface area contributed by atoms with Gasteiger partial charge in [0, 0.05) is 0 Å². The predicted octanol–water partition coefficient (Wildman–Crippen LogP) is 4.52. The average molecular weight is 190 g/mol. The second-order valence-electron chi connectivity index (χ2n) is 3.93. The van der Waals surface area contributed by atoms with Gasteiger partial charge in [-0.3, -0.25) is 0 Å². The Morgan fingerprint density at radius 1 is 1.07 bits per heavy atom. The Morgan fingerprint density at radius 3 is 2.14 bits per heavy atom. The first-order valence-corrected chi connectivity index (χ1v) is 5.22. The Morgan fingerprint density at radius 2 is 1.64 bits per heavy atom. The van der Waals surface area contributed by atoms with E-state index in [0.717, 1.165) is 0 Å². The molecule has 1 atom stereocenters. The highest BCUT2D eigenvalue weighted by atomic mass is 14.0. The van der Waals surface area contributed by atoms with Gasteiger partial charge in [-0.2, -0.15) is 0 Å². The molecule has 0 saturated heterocycles. The maximum atomic E-state index is 3.64. The van der Waals surface area contributed by atoms with Crippen LogP contribution in [0.2, 0.25) is 0 Å². The first kappa shape index (κ1) is 13.0. The molecule has 0 N–H and O–H groups in total. The summed E-state index contributed by atoms with van der Waals surface area (Å²) >= 11 is 0. The van der Waals surface area contributed by atoms with E-state index < -0.39 is 0 Å². The zero-order valence-corrected chi connectivity index (χ0v) is 9.83. The minimum atomic E-state index is 0.476. The molecule has 0 aliphatic heterocycles. The highest BCUT2D eigenvalue weighted by Gasteiger charge is 1.93. The Labute approximate surface area is 88.7 Å². The predicted molar refractivity (Wildman–Crippen MR) is 66.2 cm³/mol. The lowest BCUT2D eigenvalue weighted by atomic mass is 10.0. The lowest BCUT2D eigenvalue weighted by molar-refractivity contribution is 0.769. The standard InChI is InChI=1S/C14H22/c1-6-7-9-13(4)10-8-11-14(5)12(2)3/h6-13H,1H2,2-5H3/b9-7-,10-8-,14-11-. The van der Waals surface area contributed by atoms with Gasteiger partial charge in [0.2, 0.25) is 0 Å². The molecule has 0 heterocycles. The van der Waals surface area contributed by atoms with Crippen molar-refractivity contribution in [3.05, 3.63) is 48.6 Å². The lowest BCUT2D eigenvalue weighted by Crippen LogP contribution is -1.87. The highest BCUT2D eigenvalue weighted by molar-refractivity contribution is 5.14. The minimum absolute atomic E-state index is 0.476. The molecule has 78 valence electrons. The van der Waals surface area contributed by atoms with E-state index in [1.807, 2.05) is 6.08 Å². The third-order valence-electron chi connectivity index (χ3n) is 2.24. The minimum Gasteiger partial charge on any atom is -0.0991 e. The summed E-state index contributed by atoms with van der Waals surface area (Å²) in [5.74, 6) is 1.11. The highest BCUT2D eigenvalue weighted by Crippen LogP contribution is 2.08. The number of hydrogen-bond donors (Lipinski definition) is 0. The molecule has 1 unspecified atom stereocenters. The van der Waals surface area contributed by atoms with Gasteiger partial charge in [-0.15, -0.1) is 0 Å². The van der Waals surface area contributed by atoms with Gasteiger partial charge in [0.05, 0.1) is 0 Å². The van der Waals surface area contributed by atoms with E-state index in [-0.39, 0.29) is 0 Å². The van der Waals surface area contributed by atoms with E-state index in [4.69, 9.17) is 0 Å². The molecule has 0 aromatic carbocycles. The van der Waals surface area contributed by atoms with Gasteiger partial charge in [-0.1, -0.05) is 69.4 Å². The van der Waals surface area contributed by atoms with Crippen molar-refractivity contribution >= 4 is 0 Å². The Bertz CT molecular complexity index is 239. The van der Waals surface area contributed by atoms with Gasteiger partial charge in [0.15, 0.2) is 0 Å². The van der Waals surface area contributed by atoms with E-state index >= 15 is 0 Å². The average Bonchev–Trinajstić information content (AvgIpc) is 2.14. The summed E-state index contributed by atoms with van der Waals surface area (Å²) in [7, 11) is 0. The molecule has 0 radical (unpaired) electrons. The number of rotatable bonds is 5. The van der Waals surface area contributed by atoms with Gasteiger partial charge < -0.3 is 0 Å². The molecule has 0 saturated carbocycles. The molecule has 0 fully saturated rings. The van der Waals surface area contributed by atoms with Gasteiger partial charge in [-0.05, 0) is 18.8 Å². The summed E-state index contributed by atoms with van der Waals surface area (Å²) < 4.78 is 0. The van der Waals surface area contributed by atoms with Crippen LogP contribution in [-0.4, -0.2) is 0 Å². The van der Waals surface area contributed by atoms with Crippen LogP contribution in [0.25, 0.3) is 0 Å². The third-order valence-corrected chi connectivity index (χ3v) is 2.24. The van der Waals surface area contributed by atoms with Crippen LogP contribution in [0, 0.1) is 11.8 Å². The second kappa shape index (κ2) is 7.37. The van der Waals surface area contributed by atoms with Crippen molar-refractivity contribution in [1.29, 1.82) is 0 Å². The summed E-state index contributed by atoms with van der Waals surface area (Å²) in [5, 5.41) is 0. The molecule has 14 heavy (non-hydrogen) atoms. The fourth-order valence-electron chi connectivity index (χ4n) is 0.893. The molecule has 0 heteroatoms. The van der Waals surface area contributed by atoms with Crippen LogP contribution in [0.3, 0.4) is 0 Å². The van der Waals surface area contributed by atoms with E-state index in [1.165, 1.54) is 5.57 Å². The van der Waals surface area contributed by atoms with Gasteiger partial charge in [0.25, 0.3) is 0 Å². The Hall–Kier alpha value is -1.04. The monoisotopic (exact) mass is 190 g/mol. The molecule has 0 aromatic rings. The molecule has 0 spiro atoms. The molecule has 0 aliphatic carbocycles. The van der Waals surface area contributed by atoms with Gasteiger partial charge in [0.1, 0.15) is 0 Å². The Balaban J connectivity index is 4.11. The molecular weight excluding hydrogens is 168 g/mol. The first-order valence-electron chi connectivity index (χ1n) is 5.22. The van der Waals surface area contributed by atoms with E-state index in [2.05, 4.69) is 58.6 Å². The van der Waals surface area contributed by atoms with Crippen LogP contribution < -0.4 is 0 Å². The summed E-state index contributed by atoms with van der Waals surface area (Å²) in [4.78, 5) is 0. The van der Waals surface area contributed by atoms with Crippen LogP contribution in [0.5, 0.6) is 0 Å². The van der Waals surface area contributed by atoms with Crippen molar-refractivity contribution in [3.8, 4) is 0 Å². The summed E-state index contributed by atoms with van der Waals surface area (Å²) in [5.41, 5.74) is 1.42. The molecule has 0 nitrogen and oxygen atoms in total. The number of allylic oxidation sites excluding steroid dienone is 7. The van der Waals surface area contributed by atoms with Crippen molar-refractivity contribution in [1.82, 2.24) is 0 Å². The van der Waals surface area contributed by atoms with Crippen LogP contribution in [0.1, 0.15) is 27.7 Å². The molecule has 0 aromatic heterocycles. The van der Waals surface area contributed by atoms with Crippen LogP contribution in [-0.2, 0) is 0 Å². The summed E-state index contributed by atoms with van der Waals surface area (Å²) in [6, 6.07) is 0. The zero-order chi connectivity index (χ0) is 11.0. The third kappa shape index (κ3) is 6.47. The van der Waals surface area contributed by atoms with Crippen molar-refractivity contribution in [3.63, 3.8) is 0 Å². The maximum Gasteiger partial charge on any atom is -0.00756 e. The van der Waals surface area contributed by atoms with Crippen molar-refractivity contribution in [2.75, 3.05) is 0 Å². The molecular formula is C14H22. The van der Waals surface area contributed by atoms with Crippen molar-refractivity contribution in [2.45, 2.75) is 27.7 Å². The molecule has 0 bridgehead atoms. The lowest BCUT2D eigenvalue weighted by Gasteiger charge is -2.02. The number of hydrogen-bond acceptors (Lipinski definition) is 0. The Kier molecular flexibility index (Phi) is 6.82. The first-order chi connectivity index (χ1) is 6.57. The van der Waals surface area contributed by atoms with Crippen molar-refractivity contribution in [2.24, 2.45) is 11.8 Å². The van der Waals surface area contributed by atoms with E-state index in [1.54, 1.807) is 6.08 Å². The van der Waals surface area contributed by atoms with Crippen LogP contribution in [0.15, 0.2) is 48.6 Å². The quantitative estimate of drug-likeness (QED) is 0.559. The fraction of sp³-hybridized carbons (Fsp3) is 0.429. The molecule has 0 amide bonds. The van der Waals surface area contributed by atoms with Gasteiger partial charge in [-0.25, -0.2) is 0 Å². The van der Waals surface area contributed by atoms with Gasteiger partial charge >= 0.3 is 0 Å². The van der Waals surface area contributed by atoms with E-state index in [9.17, 15) is 0 Å². The normalized spacial score (nSPS) is 15.6. The SMILES string of the molecule is C=C/C=C\C(C)/C=C\C=C(\C)C(C)C. The maximum absolute atomic E-state index is 3.64. The smallest absolute Gasteiger partial charge is 0.00756 e.